The molecular weight excluding hydrogens is 260 g/mol. The number of anilines is 1. The number of ether oxygens (including phenoxy) is 2. The highest BCUT2D eigenvalue weighted by Crippen LogP contribution is 2.18. The number of rotatable bonds is 5. The molecule has 20 heavy (non-hydrogen) atoms. The van der Waals surface area contributed by atoms with E-state index in [1.54, 1.807) is 18.5 Å². The number of aromatic nitrogens is 3. The minimum Gasteiger partial charge on any atom is -0.492 e. The lowest BCUT2D eigenvalue weighted by Crippen LogP contribution is -2.06. The van der Waals surface area contributed by atoms with Gasteiger partial charge in [0.25, 0.3) is 0 Å². The largest absolute Gasteiger partial charge is 0.492 e. The van der Waals surface area contributed by atoms with Gasteiger partial charge in [0.05, 0.1) is 43.7 Å². The molecular formula is C13H16N4O3. The van der Waals surface area contributed by atoms with Crippen molar-refractivity contribution >= 4 is 11.7 Å². The van der Waals surface area contributed by atoms with Crippen LogP contribution in [-0.2, 0) is 4.74 Å². The Balaban J connectivity index is 2.29. The van der Waals surface area contributed by atoms with Gasteiger partial charge in [0.15, 0.2) is 5.69 Å². The van der Waals surface area contributed by atoms with Gasteiger partial charge in [-0.3, -0.25) is 4.98 Å². The second-order valence-electron chi connectivity index (χ2n) is 4.10. The van der Waals surface area contributed by atoms with Gasteiger partial charge >= 0.3 is 5.97 Å². The highest BCUT2D eigenvalue weighted by molar-refractivity contribution is 5.92. The van der Waals surface area contributed by atoms with Crippen molar-refractivity contribution in [2.24, 2.45) is 0 Å². The quantitative estimate of drug-likeness (QED) is 0.830. The van der Waals surface area contributed by atoms with Crippen LogP contribution in [-0.4, -0.2) is 34.5 Å². The van der Waals surface area contributed by atoms with Gasteiger partial charge in [0.2, 0.25) is 0 Å². The van der Waals surface area contributed by atoms with Gasteiger partial charge in [-0.15, -0.1) is 0 Å². The molecule has 0 bridgehead atoms. The van der Waals surface area contributed by atoms with Crippen LogP contribution in [0.3, 0.4) is 0 Å². The van der Waals surface area contributed by atoms with E-state index in [0.29, 0.717) is 18.0 Å². The molecule has 106 valence electrons. The number of pyridine rings is 1. The molecule has 0 spiro atoms. The van der Waals surface area contributed by atoms with Crippen molar-refractivity contribution in [1.82, 2.24) is 14.8 Å². The van der Waals surface area contributed by atoms with Gasteiger partial charge in [-0.25, -0.2) is 9.48 Å². The average molecular weight is 276 g/mol. The fourth-order valence-electron chi connectivity index (χ4n) is 1.61. The third-order valence-corrected chi connectivity index (χ3v) is 2.56. The first-order chi connectivity index (χ1) is 9.65. The summed E-state index contributed by atoms with van der Waals surface area (Å²) in [5.74, 6) is 0.0608. The van der Waals surface area contributed by atoms with Gasteiger partial charge in [0, 0.05) is 6.07 Å². The number of carbonyl (C=O) groups is 1. The zero-order chi connectivity index (χ0) is 14.5. The number of methoxy groups -OCH3 is 1. The smallest absolute Gasteiger partial charge is 0.360 e. The molecule has 2 aromatic heterocycles. The molecule has 0 saturated heterocycles. The average Bonchev–Trinajstić information content (AvgIpc) is 2.86. The zero-order valence-corrected chi connectivity index (χ0v) is 11.4. The molecule has 0 amide bonds. The van der Waals surface area contributed by atoms with E-state index in [4.69, 9.17) is 10.5 Å². The molecule has 2 heterocycles. The van der Waals surface area contributed by atoms with E-state index in [9.17, 15) is 4.79 Å². The molecule has 0 atom stereocenters. The van der Waals surface area contributed by atoms with Crippen LogP contribution >= 0.6 is 0 Å². The molecule has 0 aliphatic carbocycles. The Kier molecular flexibility index (Phi) is 4.19. The zero-order valence-electron chi connectivity index (χ0n) is 11.4. The second kappa shape index (κ2) is 6.05. The molecule has 7 heteroatoms. The number of esters is 1. The van der Waals surface area contributed by atoms with Crippen molar-refractivity contribution in [1.29, 1.82) is 0 Å². The highest BCUT2D eigenvalue weighted by atomic mass is 16.5. The van der Waals surface area contributed by atoms with Crippen LogP contribution in [0.4, 0.5) is 5.69 Å². The normalized spacial score (nSPS) is 10.3. The van der Waals surface area contributed by atoms with Crippen LogP contribution in [0, 0.1) is 0 Å². The minimum atomic E-state index is -0.576. The Labute approximate surface area is 116 Å². The molecule has 0 aliphatic heterocycles. The molecule has 0 radical (unpaired) electrons. The van der Waals surface area contributed by atoms with Crippen LogP contribution in [0.25, 0.3) is 5.69 Å². The maximum Gasteiger partial charge on any atom is 0.360 e. The van der Waals surface area contributed by atoms with Gasteiger partial charge < -0.3 is 15.2 Å². The number of nitrogens with two attached hydrogens (primary N) is 1. The summed E-state index contributed by atoms with van der Waals surface area (Å²) in [6.45, 7) is 2.63. The first kappa shape index (κ1) is 13.9. The van der Waals surface area contributed by atoms with E-state index in [1.165, 1.54) is 18.0 Å². The van der Waals surface area contributed by atoms with Crippen molar-refractivity contribution in [2.75, 3.05) is 19.5 Å². The summed E-state index contributed by atoms with van der Waals surface area (Å²) >= 11 is 0. The highest BCUT2D eigenvalue weighted by Gasteiger charge is 2.16. The summed E-state index contributed by atoms with van der Waals surface area (Å²) in [6.07, 6.45) is 5.66. The van der Waals surface area contributed by atoms with E-state index in [0.717, 1.165) is 6.42 Å². The summed E-state index contributed by atoms with van der Waals surface area (Å²) in [6, 6.07) is 1.77. The van der Waals surface area contributed by atoms with Crippen molar-refractivity contribution in [3.8, 4) is 11.4 Å². The van der Waals surface area contributed by atoms with Crippen molar-refractivity contribution in [3.05, 3.63) is 30.4 Å². The number of nitrogen functional groups attached to an aromatic ring is 1. The van der Waals surface area contributed by atoms with Gasteiger partial charge in [-0.2, -0.15) is 5.10 Å². The maximum atomic E-state index is 11.5. The lowest BCUT2D eigenvalue weighted by Gasteiger charge is -2.06. The summed E-state index contributed by atoms with van der Waals surface area (Å²) < 4.78 is 11.6. The maximum absolute atomic E-state index is 11.5. The number of hydrogen-bond donors (Lipinski definition) is 1. The summed E-state index contributed by atoms with van der Waals surface area (Å²) in [7, 11) is 1.28. The fraction of sp³-hybridized carbons (Fsp3) is 0.308. The van der Waals surface area contributed by atoms with Gasteiger partial charge in [0.1, 0.15) is 5.75 Å². The Hall–Kier alpha value is -2.57. The first-order valence-electron chi connectivity index (χ1n) is 6.17. The number of hydrogen-bond acceptors (Lipinski definition) is 6. The predicted octanol–water partition coefficient (Wildman–Crippen LogP) is 1.42. The molecule has 2 rings (SSSR count). The van der Waals surface area contributed by atoms with E-state index in [-0.39, 0.29) is 11.4 Å². The molecule has 7 nitrogen and oxygen atoms in total. The SMILES string of the molecule is CCCOc1cncc(-n2cc(N)c(C(=O)OC)n2)c1. The molecule has 0 fully saturated rings. The Bertz CT molecular complexity index is 609. The van der Waals surface area contributed by atoms with Crippen LogP contribution in [0.5, 0.6) is 5.75 Å². The number of carbonyl (C=O) groups excluding carboxylic acids is 1. The monoisotopic (exact) mass is 276 g/mol. The van der Waals surface area contributed by atoms with Crippen LogP contribution in [0.2, 0.25) is 0 Å². The minimum absolute atomic E-state index is 0.0763. The molecule has 0 unspecified atom stereocenters. The van der Waals surface area contributed by atoms with Crippen LogP contribution < -0.4 is 10.5 Å². The second-order valence-corrected chi connectivity index (χ2v) is 4.10. The van der Waals surface area contributed by atoms with E-state index < -0.39 is 5.97 Å². The lowest BCUT2D eigenvalue weighted by atomic mass is 10.4. The first-order valence-corrected chi connectivity index (χ1v) is 6.17. The van der Waals surface area contributed by atoms with Gasteiger partial charge in [-0.1, -0.05) is 6.92 Å². The summed E-state index contributed by atoms with van der Waals surface area (Å²) in [5, 5.41) is 4.09. The molecule has 0 saturated carbocycles. The Morgan fingerprint density at radius 1 is 1.45 bits per heavy atom. The Morgan fingerprint density at radius 2 is 2.25 bits per heavy atom. The topological polar surface area (TPSA) is 92.3 Å². The van der Waals surface area contributed by atoms with Crippen LogP contribution in [0.15, 0.2) is 24.7 Å². The lowest BCUT2D eigenvalue weighted by molar-refractivity contribution is 0.0594. The van der Waals surface area contributed by atoms with Crippen molar-refractivity contribution in [3.63, 3.8) is 0 Å². The fourth-order valence-corrected chi connectivity index (χ4v) is 1.61. The van der Waals surface area contributed by atoms with Crippen molar-refractivity contribution in [2.45, 2.75) is 13.3 Å². The van der Waals surface area contributed by atoms with Gasteiger partial charge in [-0.05, 0) is 6.42 Å². The molecule has 2 aromatic rings. The number of nitrogens with zero attached hydrogens (tertiary/aromatic N) is 3. The summed E-state index contributed by atoms with van der Waals surface area (Å²) in [4.78, 5) is 15.5. The molecule has 0 aliphatic rings. The Morgan fingerprint density at radius 3 is 2.95 bits per heavy atom. The standard InChI is InChI=1S/C13H16N4O3/c1-3-4-20-10-5-9(6-15-7-10)17-8-11(14)12(16-17)13(18)19-2/h5-8H,3-4,14H2,1-2H3. The van der Waals surface area contributed by atoms with E-state index in [2.05, 4.69) is 14.8 Å². The summed E-state index contributed by atoms with van der Waals surface area (Å²) in [5.41, 5.74) is 6.71. The molecule has 2 N–H and O–H groups in total. The predicted molar refractivity (Wildman–Crippen MR) is 72.9 cm³/mol. The van der Waals surface area contributed by atoms with Crippen molar-refractivity contribution < 1.29 is 14.3 Å². The third kappa shape index (κ3) is 2.87. The van der Waals surface area contributed by atoms with E-state index in [1.807, 2.05) is 6.92 Å². The molecule has 0 aromatic carbocycles. The third-order valence-electron chi connectivity index (χ3n) is 2.56. The van der Waals surface area contributed by atoms with E-state index >= 15 is 0 Å². The van der Waals surface area contributed by atoms with Crippen LogP contribution in [0.1, 0.15) is 23.8 Å².